The maximum atomic E-state index is 5.53. The van der Waals surface area contributed by atoms with Crippen molar-refractivity contribution in [1.82, 2.24) is 5.43 Å². The molecule has 0 aliphatic rings. The Kier molecular flexibility index (Phi) is 4.83. The summed E-state index contributed by atoms with van der Waals surface area (Å²) in [5.41, 5.74) is 5.16. The third kappa shape index (κ3) is 3.07. The number of hydrogen-bond acceptors (Lipinski definition) is 2. The smallest absolute Gasteiger partial charge is 0.0480 e. The van der Waals surface area contributed by atoms with Gasteiger partial charge in [0.05, 0.1) is 0 Å². The van der Waals surface area contributed by atoms with Crippen molar-refractivity contribution in [3.63, 3.8) is 0 Å². The predicted octanol–water partition coefficient (Wildman–Crippen LogP) is 2.68. The van der Waals surface area contributed by atoms with Crippen LogP contribution in [0.1, 0.15) is 30.0 Å². The Morgan fingerprint density at radius 1 is 1.60 bits per heavy atom. The van der Waals surface area contributed by atoms with E-state index in [0.717, 1.165) is 22.9 Å². The van der Waals surface area contributed by atoms with E-state index in [1.165, 1.54) is 5.56 Å². The van der Waals surface area contributed by atoms with Crippen LogP contribution >= 0.6 is 15.9 Å². The van der Waals surface area contributed by atoms with Crippen LogP contribution in [0.4, 0.5) is 0 Å². The van der Waals surface area contributed by atoms with E-state index in [0.29, 0.717) is 0 Å². The van der Waals surface area contributed by atoms with Gasteiger partial charge >= 0.3 is 0 Å². The molecule has 80 valence electrons. The largest absolute Gasteiger partial charge is 0.271 e. The summed E-state index contributed by atoms with van der Waals surface area (Å²) in [5.74, 6) is 8.15. The van der Waals surface area contributed by atoms with Gasteiger partial charge in [-0.15, -0.1) is 12.3 Å². The predicted molar refractivity (Wildman–Crippen MR) is 67.0 cm³/mol. The van der Waals surface area contributed by atoms with Gasteiger partial charge in [0.1, 0.15) is 0 Å². The molecular weight excluding hydrogens is 252 g/mol. The lowest BCUT2D eigenvalue weighted by molar-refractivity contribution is 0.522. The highest BCUT2D eigenvalue weighted by Gasteiger charge is 2.12. The minimum absolute atomic E-state index is 0.107. The monoisotopic (exact) mass is 266 g/mol. The van der Waals surface area contributed by atoms with Gasteiger partial charge in [0, 0.05) is 16.9 Å². The summed E-state index contributed by atoms with van der Waals surface area (Å²) >= 11 is 3.57. The molecule has 0 heterocycles. The second-order valence-corrected chi connectivity index (χ2v) is 4.23. The fourth-order valence-corrected chi connectivity index (χ4v) is 2.04. The molecule has 15 heavy (non-hydrogen) atoms. The molecule has 0 aliphatic carbocycles. The summed E-state index contributed by atoms with van der Waals surface area (Å²) in [7, 11) is 0. The Labute approximate surface area is 99.3 Å². The van der Waals surface area contributed by atoms with Crippen molar-refractivity contribution in [1.29, 1.82) is 0 Å². The average Bonchev–Trinajstić information content (AvgIpc) is 2.25. The fraction of sp³-hybridized carbons (Fsp3) is 0.333. The van der Waals surface area contributed by atoms with Crippen LogP contribution in [0.5, 0.6) is 0 Å². The molecule has 0 radical (unpaired) electrons. The van der Waals surface area contributed by atoms with Crippen LogP contribution in [0.3, 0.4) is 0 Å². The maximum absolute atomic E-state index is 5.53. The van der Waals surface area contributed by atoms with E-state index >= 15 is 0 Å². The fourth-order valence-electron chi connectivity index (χ4n) is 1.50. The molecule has 0 amide bonds. The molecule has 3 heteroatoms. The lowest BCUT2D eigenvalue weighted by atomic mass is 10.0. The molecular formula is C12H15BrN2. The summed E-state index contributed by atoms with van der Waals surface area (Å²) in [6, 6.07) is 6.24. The van der Waals surface area contributed by atoms with Gasteiger partial charge in [0.15, 0.2) is 0 Å². The lowest BCUT2D eigenvalue weighted by Gasteiger charge is -2.17. The van der Waals surface area contributed by atoms with Gasteiger partial charge in [-0.2, -0.15) is 0 Å². The van der Waals surface area contributed by atoms with E-state index in [2.05, 4.69) is 46.3 Å². The number of hydrazine groups is 1. The number of halogens is 1. The van der Waals surface area contributed by atoms with E-state index in [1.807, 2.05) is 6.07 Å². The van der Waals surface area contributed by atoms with Gasteiger partial charge in [-0.3, -0.25) is 11.3 Å². The quantitative estimate of drug-likeness (QED) is 0.500. The van der Waals surface area contributed by atoms with Gasteiger partial charge in [-0.05, 0) is 24.5 Å². The molecule has 0 spiro atoms. The zero-order valence-electron chi connectivity index (χ0n) is 8.76. The molecule has 1 unspecified atom stereocenters. The van der Waals surface area contributed by atoms with Gasteiger partial charge in [0.25, 0.3) is 0 Å². The molecule has 0 saturated heterocycles. The van der Waals surface area contributed by atoms with Crippen LogP contribution in [-0.4, -0.2) is 0 Å². The molecule has 2 nitrogen and oxygen atoms in total. The molecule has 0 aromatic heterocycles. The summed E-state index contributed by atoms with van der Waals surface area (Å²) in [6.07, 6.45) is 6.81. The van der Waals surface area contributed by atoms with Gasteiger partial charge in [-0.25, -0.2) is 0 Å². The minimum atomic E-state index is 0.107. The molecule has 0 bridgehead atoms. The highest BCUT2D eigenvalue weighted by molar-refractivity contribution is 9.10. The Morgan fingerprint density at radius 2 is 2.33 bits per heavy atom. The molecule has 0 aliphatic heterocycles. The first kappa shape index (κ1) is 12.3. The van der Waals surface area contributed by atoms with Crippen molar-refractivity contribution in [3.05, 3.63) is 33.8 Å². The molecule has 0 fully saturated rings. The van der Waals surface area contributed by atoms with Crippen molar-refractivity contribution in [2.24, 2.45) is 5.84 Å². The highest BCUT2D eigenvalue weighted by Crippen LogP contribution is 2.28. The van der Waals surface area contributed by atoms with Crippen LogP contribution in [-0.2, 0) is 0 Å². The third-order valence-corrected chi connectivity index (χ3v) is 3.46. The Hall–Kier alpha value is -0.820. The van der Waals surface area contributed by atoms with Crippen LogP contribution in [0.15, 0.2) is 22.7 Å². The zero-order chi connectivity index (χ0) is 11.3. The number of aryl methyl sites for hydroxylation is 1. The summed E-state index contributed by atoms with van der Waals surface area (Å²) in [4.78, 5) is 0. The van der Waals surface area contributed by atoms with Crippen molar-refractivity contribution >= 4 is 15.9 Å². The zero-order valence-corrected chi connectivity index (χ0v) is 10.3. The first-order chi connectivity index (χ1) is 7.20. The topological polar surface area (TPSA) is 38.0 Å². The van der Waals surface area contributed by atoms with E-state index in [9.17, 15) is 0 Å². The normalized spacial score (nSPS) is 12.1. The number of hydrogen-bond donors (Lipinski definition) is 2. The van der Waals surface area contributed by atoms with Crippen molar-refractivity contribution < 1.29 is 0 Å². The summed E-state index contributed by atoms with van der Waals surface area (Å²) in [6.45, 7) is 2.06. The van der Waals surface area contributed by atoms with Crippen molar-refractivity contribution in [3.8, 4) is 12.3 Å². The molecule has 3 N–H and O–H groups in total. The van der Waals surface area contributed by atoms with E-state index < -0.39 is 0 Å². The van der Waals surface area contributed by atoms with Crippen LogP contribution in [0.2, 0.25) is 0 Å². The van der Waals surface area contributed by atoms with Crippen molar-refractivity contribution in [2.75, 3.05) is 0 Å². The Morgan fingerprint density at radius 3 is 2.93 bits per heavy atom. The van der Waals surface area contributed by atoms with Crippen LogP contribution in [0, 0.1) is 19.3 Å². The summed E-state index contributed by atoms with van der Waals surface area (Å²) < 4.78 is 1.10. The van der Waals surface area contributed by atoms with E-state index in [1.54, 1.807) is 0 Å². The van der Waals surface area contributed by atoms with Gasteiger partial charge in [-0.1, -0.05) is 34.1 Å². The van der Waals surface area contributed by atoms with Crippen molar-refractivity contribution in [2.45, 2.75) is 25.8 Å². The molecule has 1 rings (SSSR count). The highest BCUT2D eigenvalue weighted by atomic mass is 79.9. The average molecular weight is 267 g/mol. The Balaban J connectivity index is 2.92. The molecule has 1 aromatic rings. The third-order valence-electron chi connectivity index (χ3n) is 2.38. The van der Waals surface area contributed by atoms with Gasteiger partial charge < -0.3 is 0 Å². The number of rotatable bonds is 4. The maximum Gasteiger partial charge on any atom is 0.0480 e. The standard InChI is InChI=1S/C12H15BrN2/c1-3-4-8-11(15-14)10-7-5-6-9(2)12(10)13/h1,5-7,11,15H,4,8,14H2,2H3. The second kappa shape index (κ2) is 5.92. The van der Waals surface area contributed by atoms with Crippen LogP contribution < -0.4 is 11.3 Å². The minimum Gasteiger partial charge on any atom is -0.271 e. The number of benzene rings is 1. The second-order valence-electron chi connectivity index (χ2n) is 3.44. The lowest BCUT2D eigenvalue weighted by Crippen LogP contribution is -2.28. The first-order valence-corrected chi connectivity index (χ1v) is 5.64. The number of nitrogens with two attached hydrogens (primary N) is 1. The SMILES string of the molecule is C#CCCC(NN)c1cccc(C)c1Br. The van der Waals surface area contributed by atoms with E-state index in [-0.39, 0.29) is 6.04 Å². The first-order valence-electron chi connectivity index (χ1n) is 4.85. The van der Waals surface area contributed by atoms with E-state index in [4.69, 9.17) is 12.3 Å². The van der Waals surface area contributed by atoms with Crippen LogP contribution in [0.25, 0.3) is 0 Å². The number of nitrogens with one attached hydrogen (secondary N) is 1. The number of terminal acetylenes is 1. The molecule has 1 atom stereocenters. The summed E-state index contributed by atoms with van der Waals surface area (Å²) in [5, 5.41) is 0. The molecule has 0 saturated carbocycles. The van der Waals surface area contributed by atoms with Gasteiger partial charge in [0.2, 0.25) is 0 Å². The molecule has 1 aromatic carbocycles. The Bertz CT molecular complexity index is 368.